The van der Waals surface area contributed by atoms with E-state index in [9.17, 15) is 4.39 Å². The predicted octanol–water partition coefficient (Wildman–Crippen LogP) is 1.14. The Bertz CT molecular complexity index is 479. The van der Waals surface area contributed by atoms with Gasteiger partial charge in [-0.3, -0.25) is 4.90 Å². The molecule has 0 radical (unpaired) electrons. The van der Waals surface area contributed by atoms with Crippen LogP contribution in [0.2, 0.25) is 0 Å². The maximum atomic E-state index is 14.2. The zero-order valence-corrected chi connectivity index (χ0v) is 10.8. The Hall–Kier alpha value is -1.66. The third-order valence-electron chi connectivity index (χ3n) is 3.18. The molecule has 1 saturated heterocycles. The Morgan fingerprint density at radius 3 is 3.11 bits per heavy atom. The van der Waals surface area contributed by atoms with E-state index < -0.39 is 5.82 Å². The topological polar surface area (TPSA) is 71.1 Å². The molecule has 0 aromatic heterocycles. The van der Waals surface area contributed by atoms with Crippen LogP contribution >= 0.6 is 0 Å². The molecule has 104 valence electrons. The van der Waals surface area contributed by atoms with Crippen LogP contribution in [-0.4, -0.2) is 41.7 Å². The zero-order chi connectivity index (χ0) is 13.8. The average Bonchev–Trinajstić information content (AvgIpc) is 2.40. The van der Waals surface area contributed by atoms with Crippen LogP contribution in [0.4, 0.5) is 4.39 Å². The van der Waals surface area contributed by atoms with Crippen LogP contribution in [0, 0.1) is 5.82 Å². The van der Waals surface area contributed by atoms with Crippen LogP contribution < -0.4 is 5.73 Å². The van der Waals surface area contributed by atoms with E-state index in [1.807, 2.05) is 6.92 Å². The molecule has 0 amide bonds. The highest BCUT2D eigenvalue weighted by molar-refractivity contribution is 5.97. The number of hydrogen-bond acceptors (Lipinski definition) is 4. The number of ether oxygens (including phenoxy) is 1. The molecule has 1 aliphatic rings. The molecule has 0 aliphatic carbocycles. The van der Waals surface area contributed by atoms with Gasteiger partial charge in [-0.15, -0.1) is 0 Å². The van der Waals surface area contributed by atoms with Crippen molar-refractivity contribution in [1.82, 2.24) is 4.90 Å². The van der Waals surface area contributed by atoms with E-state index in [4.69, 9.17) is 15.7 Å². The van der Waals surface area contributed by atoms with E-state index in [-0.39, 0.29) is 17.5 Å². The summed E-state index contributed by atoms with van der Waals surface area (Å²) < 4.78 is 19.7. The molecule has 5 nitrogen and oxygen atoms in total. The quantitative estimate of drug-likeness (QED) is 0.373. The maximum absolute atomic E-state index is 14.2. The van der Waals surface area contributed by atoms with Crippen molar-refractivity contribution < 1.29 is 14.3 Å². The highest BCUT2D eigenvalue weighted by atomic mass is 19.1. The van der Waals surface area contributed by atoms with Gasteiger partial charge in [0.05, 0.1) is 18.3 Å². The second-order valence-corrected chi connectivity index (χ2v) is 4.68. The molecule has 1 aromatic carbocycles. The Balaban J connectivity index is 2.16. The third kappa shape index (κ3) is 3.21. The number of nitrogens with two attached hydrogens (primary N) is 1. The summed E-state index contributed by atoms with van der Waals surface area (Å²) in [6, 6.07) is 4.91. The molecular formula is C13H18FN3O2. The van der Waals surface area contributed by atoms with Crippen LogP contribution in [0.5, 0.6) is 0 Å². The van der Waals surface area contributed by atoms with E-state index in [1.54, 1.807) is 12.1 Å². The lowest BCUT2D eigenvalue weighted by molar-refractivity contribution is -0.0215. The second-order valence-electron chi connectivity index (χ2n) is 4.68. The van der Waals surface area contributed by atoms with Crippen LogP contribution in [-0.2, 0) is 11.3 Å². The minimum atomic E-state index is -0.433. The highest BCUT2D eigenvalue weighted by Crippen LogP contribution is 2.16. The van der Waals surface area contributed by atoms with Crippen molar-refractivity contribution in [2.24, 2.45) is 10.9 Å². The molecule has 0 saturated carbocycles. The van der Waals surface area contributed by atoms with Crippen molar-refractivity contribution in [3.05, 3.63) is 35.1 Å². The van der Waals surface area contributed by atoms with Crippen molar-refractivity contribution in [3.8, 4) is 0 Å². The van der Waals surface area contributed by atoms with Gasteiger partial charge in [0.2, 0.25) is 0 Å². The minimum absolute atomic E-state index is 0.126. The van der Waals surface area contributed by atoms with E-state index in [1.165, 1.54) is 6.07 Å². The molecule has 0 bridgehead atoms. The number of nitrogens with zero attached hydrogens (tertiary/aromatic N) is 2. The van der Waals surface area contributed by atoms with E-state index in [0.717, 1.165) is 13.1 Å². The Kier molecular flexibility index (Phi) is 4.34. The molecule has 1 aliphatic heterocycles. The van der Waals surface area contributed by atoms with Gasteiger partial charge in [0.25, 0.3) is 0 Å². The van der Waals surface area contributed by atoms with E-state index in [2.05, 4.69) is 10.1 Å². The van der Waals surface area contributed by atoms with Gasteiger partial charge < -0.3 is 15.7 Å². The summed E-state index contributed by atoms with van der Waals surface area (Å²) in [5, 5.41) is 11.5. The van der Waals surface area contributed by atoms with E-state index >= 15 is 0 Å². The number of morpholine rings is 1. The number of rotatable bonds is 3. The van der Waals surface area contributed by atoms with Gasteiger partial charge in [0, 0.05) is 25.2 Å². The summed E-state index contributed by atoms with van der Waals surface area (Å²) in [5.74, 6) is -0.647. The molecule has 1 aromatic rings. The van der Waals surface area contributed by atoms with Crippen molar-refractivity contribution in [2.75, 3.05) is 19.7 Å². The molecular weight excluding hydrogens is 249 g/mol. The fraction of sp³-hybridized carbons (Fsp3) is 0.462. The fourth-order valence-electron chi connectivity index (χ4n) is 2.23. The van der Waals surface area contributed by atoms with Crippen LogP contribution in [0.3, 0.4) is 0 Å². The number of amidine groups is 1. The highest BCUT2D eigenvalue weighted by Gasteiger charge is 2.19. The largest absolute Gasteiger partial charge is 0.409 e. The monoisotopic (exact) mass is 267 g/mol. The Morgan fingerprint density at radius 1 is 1.63 bits per heavy atom. The predicted molar refractivity (Wildman–Crippen MR) is 69.6 cm³/mol. The van der Waals surface area contributed by atoms with Crippen molar-refractivity contribution in [1.29, 1.82) is 0 Å². The van der Waals surface area contributed by atoms with Gasteiger partial charge in [-0.05, 0) is 13.0 Å². The van der Waals surface area contributed by atoms with Crippen LogP contribution in [0.1, 0.15) is 18.1 Å². The molecule has 3 N–H and O–H groups in total. The molecule has 1 atom stereocenters. The van der Waals surface area contributed by atoms with Gasteiger partial charge in [0.1, 0.15) is 5.82 Å². The van der Waals surface area contributed by atoms with Gasteiger partial charge >= 0.3 is 0 Å². The smallest absolute Gasteiger partial charge is 0.173 e. The van der Waals surface area contributed by atoms with Gasteiger partial charge in [0.15, 0.2) is 5.84 Å². The van der Waals surface area contributed by atoms with E-state index in [0.29, 0.717) is 18.7 Å². The Morgan fingerprint density at radius 2 is 2.42 bits per heavy atom. The molecule has 19 heavy (non-hydrogen) atoms. The summed E-state index contributed by atoms with van der Waals surface area (Å²) in [7, 11) is 0. The molecule has 1 heterocycles. The lowest BCUT2D eigenvalue weighted by Crippen LogP contribution is -2.40. The fourth-order valence-corrected chi connectivity index (χ4v) is 2.23. The standard InChI is InChI=1S/C13H18FN3O2/c1-9-7-17(5-6-19-9)8-10-3-2-4-11(12(10)14)13(15)16-18/h2-4,9,18H,5-8H2,1H3,(H2,15,16). The first-order valence-electron chi connectivity index (χ1n) is 6.21. The van der Waals surface area contributed by atoms with Crippen molar-refractivity contribution in [2.45, 2.75) is 19.6 Å². The second kappa shape index (κ2) is 5.99. The van der Waals surface area contributed by atoms with Gasteiger partial charge in [-0.1, -0.05) is 17.3 Å². The summed E-state index contributed by atoms with van der Waals surface area (Å²) in [6.45, 7) is 4.69. The first kappa shape index (κ1) is 13.8. The van der Waals surface area contributed by atoms with Crippen LogP contribution in [0.25, 0.3) is 0 Å². The normalized spacial score (nSPS) is 21.6. The summed E-state index contributed by atoms with van der Waals surface area (Å²) in [5.41, 5.74) is 6.11. The third-order valence-corrected chi connectivity index (χ3v) is 3.18. The van der Waals surface area contributed by atoms with Crippen molar-refractivity contribution in [3.63, 3.8) is 0 Å². The lowest BCUT2D eigenvalue weighted by Gasteiger charge is -2.31. The van der Waals surface area contributed by atoms with Crippen molar-refractivity contribution >= 4 is 5.84 Å². The first-order chi connectivity index (χ1) is 9.11. The summed E-state index contributed by atoms with van der Waals surface area (Å²) in [4.78, 5) is 2.13. The molecule has 6 heteroatoms. The maximum Gasteiger partial charge on any atom is 0.173 e. The number of oxime groups is 1. The number of halogens is 1. The first-order valence-corrected chi connectivity index (χ1v) is 6.21. The number of hydrogen-bond donors (Lipinski definition) is 2. The average molecular weight is 267 g/mol. The minimum Gasteiger partial charge on any atom is -0.409 e. The summed E-state index contributed by atoms with van der Waals surface area (Å²) >= 11 is 0. The number of benzene rings is 1. The summed E-state index contributed by atoms with van der Waals surface area (Å²) in [6.07, 6.45) is 0.157. The van der Waals surface area contributed by atoms with Crippen LogP contribution in [0.15, 0.2) is 23.4 Å². The molecule has 2 rings (SSSR count). The molecule has 1 fully saturated rings. The molecule has 1 unspecified atom stereocenters. The SMILES string of the molecule is CC1CN(Cc2cccc(/C(N)=N/O)c2F)CCO1. The van der Waals surface area contributed by atoms with Gasteiger partial charge in [-0.2, -0.15) is 0 Å². The van der Waals surface area contributed by atoms with Gasteiger partial charge in [-0.25, -0.2) is 4.39 Å². The Labute approximate surface area is 111 Å². The lowest BCUT2D eigenvalue weighted by atomic mass is 10.1. The molecule has 0 spiro atoms. The zero-order valence-electron chi connectivity index (χ0n) is 10.8.